The Balaban J connectivity index is 2.48. The summed E-state index contributed by atoms with van der Waals surface area (Å²) in [4.78, 5) is 8.26. The molecule has 2 N–H and O–H groups in total. The van der Waals surface area contributed by atoms with Crippen LogP contribution in [0.5, 0.6) is 5.88 Å². The average Bonchev–Trinajstić information content (AvgIpc) is 2.34. The van der Waals surface area contributed by atoms with Crippen LogP contribution in [0.4, 0.5) is 0 Å². The SMILES string of the molecule is CCOCCCC(N)c1nccnc1OC. The van der Waals surface area contributed by atoms with Gasteiger partial charge in [0.2, 0.25) is 5.88 Å². The molecule has 0 aliphatic heterocycles. The van der Waals surface area contributed by atoms with Crippen LogP contribution < -0.4 is 10.5 Å². The molecule has 1 aromatic rings. The molecule has 1 aromatic heterocycles. The minimum absolute atomic E-state index is 0.149. The summed E-state index contributed by atoms with van der Waals surface area (Å²) in [5.41, 5.74) is 6.73. The Morgan fingerprint density at radius 1 is 1.38 bits per heavy atom. The first-order valence-corrected chi connectivity index (χ1v) is 5.47. The molecule has 0 saturated heterocycles. The summed E-state index contributed by atoms with van der Waals surface area (Å²) in [5.74, 6) is 0.506. The fourth-order valence-electron chi connectivity index (χ4n) is 1.43. The lowest BCUT2D eigenvalue weighted by molar-refractivity contribution is 0.141. The maximum Gasteiger partial charge on any atom is 0.236 e. The van der Waals surface area contributed by atoms with Gasteiger partial charge in [-0.1, -0.05) is 0 Å². The molecule has 90 valence electrons. The summed E-state index contributed by atoms with van der Waals surface area (Å²) < 4.78 is 10.4. The topological polar surface area (TPSA) is 70.3 Å². The van der Waals surface area contributed by atoms with Gasteiger partial charge in [0.15, 0.2) is 0 Å². The van der Waals surface area contributed by atoms with Gasteiger partial charge < -0.3 is 15.2 Å². The molecule has 0 aliphatic carbocycles. The number of nitrogens with zero attached hydrogens (tertiary/aromatic N) is 2. The van der Waals surface area contributed by atoms with Gasteiger partial charge >= 0.3 is 0 Å². The fraction of sp³-hybridized carbons (Fsp3) is 0.636. The van der Waals surface area contributed by atoms with Gasteiger partial charge in [-0.15, -0.1) is 0 Å². The molecular formula is C11H19N3O2. The van der Waals surface area contributed by atoms with Crippen molar-refractivity contribution in [2.45, 2.75) is 25.8 Å². The maximum absolute atomic E-state index is 6.02. The van der Waals surface area contributed by atoms with Gasteiger partial charge in [0.25, 0.3) is 0 Å². The largest absolute Gasteiger partial charge is 0.480 e. The van der Waals surface area contributed by atoms with Crippen LogP contribution in [-0.2, 0) is 4.74 Å². The Hall–Kier alpha value is -1.20. The highest BCUT2D eigenvalue weighted by Crippen LogP contribution is 2.21. The quantitative estimate of drug-likeness (QED) is 0.708. The monoisotopic (exact) mass is 225 g/mol. The Kier molecular flexibility index (Phi) is 5.74. The number of hydrogen-bond donors (Lipinski definition) is 1. The van der Waals surface area contributed by atoms with Crippen molar-refractivity contribution >= 4 is 0 Å². The van der Waals surface area contributed by atoms with Crippen LogP contribution in [0.2, 0.25) is 0 Å². The van der Waals surface area contributed by atoms with Crippen molar-refractivity contribution in [3.05, 3.63) is 18.1 Å². The van der Waals surface area contributed by atoms with Gasteiger partial charge in [-0.25, -0.2) is 4.98 Å². The predicted octanol–water partition coefficient (Wildman–Crippen LogP) is 1.30. The van der Waals surface area contributed by atoms with E-state index in [4.69, 9.17) is 15.2 Å². The molecule has 16 heavy (non-hydrogen) atoms. The highest BCUT2D eigenvalue weighted by molar-refractivity contribution is 5.20. The van der Waals surface area contributed by atoms with Crippen molar-refractivity contribution < 1.29 is 9.47 Å². The van der Waals surface area contributed by atoms with Crippen LogP contribution >= 0.6 is 0 Å². The zero-order chi connectivity index (χ0) is 11.8. The molecule has 0 saturated carbocycles. The summed E-state index contributed by atoms with van der Waals surface area (Å²) >= 11 is 0. The molecule has 0 amide bonds. The third-order valence-corrected chi connectivity index (χ3v) is 2.24. The molecule has 5 nitrogen and oxygen atoms in total. The second kappa shape index (κ2) is 7.14. The zero-order valence-corrected chi connectivity index (χ0v) is 9.85. The molecule has 0 radical (unpaired) electrons. The highest BCUT2D eigenvalue weighted by atomic mass is 16.5. The number of hydrogen-bond acceptors (Lipinski definition) is 5. The molecule has 0 bridgehead atoms. The Bertz CT molecular complexity index is 307. The van der Waals surface area contributed by atoms with E-state index in [1.54, 1.807) is 19.5 Å². The average molecular weight is 225 g/mol. The van der Waals surface area contributed by atoms with E-state index in [1.807, 2.05) is 6.92 Å². The summed E-state index contributed by atoms with van der Waals surface area (Å²) in [7, 11) is 1.57. The number of aromatic nitrogens is 2. The summed E-state index contributed by atoms with van der Waals surface area (Å²) in [6.45, 7) is 3.45. The molecule has 1 atom stereocenters. The van der Waals surface area contributed by atoms with Crippen LogP contribution in [0.25, 0.3) is 0 Å². The number of rotatable bonds is 7. The van der Waals surface area contributed by atoms with Crippen molar-refractivity contribution in [1.82, 2.24) is 9.97 Å². The molecule has 0 aromatic carbocycles. The van der Waals surface area contributed by atoms with Crippen molar-refractivity contribution in [2.75, 3.05) is 20.3 Å². The molecule has 0 fully saturated rings. The molecular weight excluding hydrogens is 206 g/mol. The van der Waals surface area contributed by atoms with E-state index in [1.165, 1.54) is 0 Å². The smallest absolute Gasteiger partial charge is 0.236 e. The third-order valence-electron chi connectivity index (χ3n) is 2.24. The number of methoxy groups -OCH3 is 1. The Morgan fingerprint density at radius 2 is 2.12 bits per heavy atom. The van der Waals surface area contributed by atoms with Gasteiger partial charge in [-0.3, -0.25) is 4.98 Å². The van der Waals surface area contributed by atoms with Crippen LogP contribution in [0.15, 0.2) is 12.4 Å². The van der Waals surface area contributed by atoms with Gasteiger partial charge in [0.1, 0.15) is 5.69 Å². The van der Waals surface area contributed by atoms with Gasteiger partial charge in [0, 0.05) is 25.6 Å². The van der Waals surface area contributed by atoms with E-state index in [0.29, 0.717) is 11.6 Å². The summed E-state index contributed by atoms with van der Waals surface area (Å²) in [6.07, 6.45) is 4.94. The van der Waals surface area contributed by atoms with Gasteiger partial charge in [-0.2, -0.15) is 0 Å². The van der Waals surface area contributed by atoms with Crippen molar-refractivity contribution in [2.24, 2.45) is 5.73 Å². The minimum atomic E-state index is -0.149. The van der Waals surface area contributed by atoms with E-state index < -0.39 is 0 Å². The van der Waals surface area contributed by atoms with Crippen LogP contribution in [0.3, 0.4) is 0 Å². The first-order valence-electron chi connectivity index (χ1n) is 5.47. The van der Waals surface area contributed by atoms with Gasteiger partial charge in [-0.05, 0) is 19.8 Å². The predicted molar refractivity (Wildman–Crippen MR) is 61.2 cm³/mol. The first kappa shape index (κ1) is 12.9. The summed E-state index contributed by atoms with van der Waals surface area (Å²) in [5, 5.41) is 0. The molecule has 5 heteroatoms. The Morgan fingerprint density at radius 3 is 2.81 bits per heavy atom. The molecule has 0 spiro atoms. The molecule has 0 aliphatic rings. The number of ether oxygens (including phenoxy) is 2. The zero-order valence-electron chi connectivity index (χ0n) is 9.85. The lowest BCUT2D eigenvalue weighted by atomic mass is 10.1. The van der Waals surface area contributed by atoms with E-state index in [0.717, 1.165) is 26.1 Å². The minimum Gasteiger partial charge on any atom is -0.480 e. The molecule has 1 unspecified atom stereocenters. The van der Waals surface area contributed by atoms with E-state index in [9.17, 15) is 0 Å². The second-order valence-corrected chi connectivity index (χ2v) is 3.40. The van der Waals surface area contributed by atoms with Crippen LogP contribution in [0, 0.1) is 0 Å². The van der Waals surface area contributed by atoms with Crippen LogP contribution in [0.1, 0.15) is 31.5 Å². The fourth-order valence-corrected chi connectivity index (χ4v) is 1.43. The van der Waals surface area contributed by atoms with E-state index >= 15 is 0 Å². The third kappa shape index (κ3) is 3.75. The van der Waals surface area contributed by atoms with Gasteiger partial charge in [0.05, 0.1) is 13.2 Å². The lowest BCUT2D eigenvalue weighted by Crippen LogP contribution is -2.14. The summed E-state index contributed by atoms with van der Waals surface area (Å²) in [6, 6.07) is -0.149. The maximum atomic E-state index is 6.02. The highest BCUT2D eigenvalue weighted by Gasteiger charge is 2.13. The lowest BCUT2D eigenvalue weighted by Gasteiger charge is -2.13. The second-order valence-electron chi connectivity index (χ2n) is 3.40. The van der Waals surface area contributed by atoms with Crippen molar-refractivity contribution in [3.8, 4) is 5.88 Å². The molecule has 1 rings (SSSR count). The normalized spacial score (nSPS) is 12.4. The molecule has 1 heterocycles. The van der Waals surface area contributed by atoms with Crippen molar-refractivity contribution in [3.63, 3.8) is 0 Å². The standard InChI is InChI=1S/C11H19N3O2/c1-3-16-8-4-5-9(12)10-11(15-2)14-7-6-13-10/h6-7,9H,3-5,8,12H2,1-2H3. The van der Waals surface area contributed by atoms with Crippen LogP contribution in [-0.4, -0.2) is 30.3 Å². The number of nitrogens with two attached hydrogens (primary N) is 1. The van der Waals surface area contributed by atoms with E-state index in [2.05, 4.69) is 9.97 Å². The first-order chi connectivity index (χ1) is 7.79. The van der Waals surface area contributed by atoms with E-state index in [-0.39, 0.29) is 6.04 Å². The van der Waals surface area contributed by atoms with Crippen molar-refractivity contribution in [1.29, 1.82) is 0 Å². The Labute approximate surface area is 96.0 Å².